The van der Waals surface area contributed by atoms with E-state index in [-0.39, 0.29) is 6.42 Å². The van der Waals surface area contributed by atoms with Gasteiger partial charge in [0.15, 0.2) is 0 Å². The summed E-state index contributed by atoms with van der Waals surface area (Å²) in [6.45, 7) is 7.54. The summed E-state index contributed by atoms with van der Waals surface area (Å²) in [6, 6.07) is 1.96. The van der Waals surface area contributed by atoms with Gasteiger partial charge in [-0.15, -0.1) is 0 Å². The second kappa shape index (κ2) is 4.88. The summed E-state index contributed by atoms with van der Waals surface area (Å²) in [5, 5.41) is 0. The Kier molecular flexibility index (Phi) is 3.42. The van der Waals surface area contributed by atoms with Crippen LogP contribution in [0.5, 0.6) is 0 Å². The number of cyclic esters (lactones) is 2. The molecule has 1 fully saturated rings. The maximum atomic E-state index is 11.5. The van der Waals surface area contributed by atoms with Crippen LogP contribution in [0.1, 0.15) is 37.4 Å². The van der Waals surface area contributed by atoms with E-state index in [1.54, 1.807) is 6.92 Å². The van der Waals surface area contributed by atoms with Gasteiger partial charge in [-0.2, -0.15) is 0 Å². The molecule has 0 radical (unpaired) electrons. The predicted molar refractivity (Wildman–Crippen MR) is 70.2 cm³/mol. The first kappa shape index (κ1) is 13.3. The molecular formula is C15H16O4. The molecule has 1 aromatic rings. The Morgan fingerprint density at radius 1 is 1.26 bits per heavy atom. The zero-order chi connectivity index (χ0) is 14.2. The van der Waals surface area contributed by atoms with Crippen molar-refractivity contribution in [1.29, 1.82) is 0 Å². The minimum absolute atomic E-state index is 0.0534. The lowest BCUT2D eigenvalue weighted by Crippen LogP contribution is -1.98. The van der Waals surface area contributed by atoms with Crippen LogP contribution >= 0.6 is 0 Å². The highest BCUT2D eigenvalue weighted by molar-refractivity contribution is 6.06. The van der Waals surface area contributed by atoms with Gasteiger partial charge in [0, 0.05) is 5.56 Å². The largest absolute Gasteiger partial charge is 0.466 e. The molecule has 0 N–H and O–H groups in total. The van der Waals surface area contributed by atoms with E-state index >= 15 is 0 Å². The lowest BCUT2D eigenvalue weighted by molar-refractivity contribution is -0.151. The number of allylic oxidation sites excluding steroid dienone is 3. The van der Waals surface area contributed by atoms with Crippen molar-refractivity contribution >= 4 is 17.5 Å². The summed E-state index contributed by atoms with van der Waals surface area (Å²) in [4.78, 5) is 22.5. The summed E-state index contributed by atoms with van der Waals surface area (Å²) >= 11 is 0. The molecule has 0 saturated carbocycles. The third-order valence-corrected chi connectivity index (χ3v) is 3.15. The zero-order valence-electron chi connectivity index (χ0n) is 11.5. The number of ether oxygens (including phenoxy) is 1. The van der Waals surface area contributed by atoms with E-state index in [4.69, 9.17) is 4.42 Å². The van der Waals surface area contributed by atoms with Crippen molar-refractivity contribution in [1.82, 2.24) is 0 Å². The third-order valence-electron chi connectivity index (χ3n) is 3.15. The molecule has 0 aromatic carbocycles. The molecule has 2 rings (SSSR count). The minimum Gasteiger partial charge on any atom is -0.466 e. The van der Waals surface area contributed by atoms with Gasteiger partial charge in [-0.25, -0.2) is 4.79 Å². The molecule has 4 nitrogen and oxygen atoms in total. The number of furan rings is 1. The molecule has 0 aliphatic carbocycles. The topological polar surface area (TPSA) is 56.5 Å². The van der Waals surface area contributed by atoms with Gasteiger partial charge in [-0.1, -0.05) is 6.08 Å². The van der Waals surface area contributed by atoms with Crippen molar-refractivity contribution in [3.8, 4) is 0 Å². The van der Waals surface area contributed by atoms with Crippen molar-refractivity contribution in [2.45, 2.75) is 34.1 Å². The summed E-state index contributed by atoms with van der Waals surface area (Å²) in [6.07, 6.45) is 1.93. The van der Waals surface area contributed by atoms with Crippen LogP contribution in [-0.2, 0) is 14.3 Å². The minimum atomic E-state index is -0.536. The number of carbonyl (C=O) groups is 2. The Bertz CT molecular complexity index is 614. The van der Waals surface area contributed by atoms with Crippen molar-refractivity contribution in [3.05, 3.63) is 40.4 Å². The molecule has 2 heterocycles. The van der Waals surface area contributed by atoms with E-state index in [0.717, 1.165) is 28.2 Å². The molecule has 0 spiro atoms. The third kappa shape index (κ3) is 2.67. The first-order valence-corrected chi connectivity index (χ1v) is 6.09. The standard InChI is InChI=1S/C15H16O4/c1-8(12-6-10(3)18-11(12)4)5-9(2)13-7-14(16)19-15(13)17/h5-6H,7H2,1-4H3. The van der Waals surface area contributed by atoms with Gasteiger partial charge >= 0.3 is 11.9 Å². The maximum absolute atomic E-state index is 11.5. The number of rotatable bonds is 2. The van der Waals surface area contributed by atoms with Crippen molar-refractivity contribution in [2.24, 2.45) is 0 Å². The van der Waals surface area contributed by atoms with Crippen LogP contribution < -0.4 is 0 Å². The Morgan fingerprint density at radius 3 is 2.42 bits per heavy atom. The molecule has 1 saturated heterocycles. The van der Waals surface area contributed by atoms with Crippen molar-refractivity contribution in [2.75, 3.05) is 0 Å². The Hall–Kier alpha value is -2.10. The first-order valence-electron chi connectivity index (χ1n) is 6.09. The molecule has 1 aliphatic rings. The monoisotopic (exact) mass is 260 g/mol. The number of hydrogen-bond acceptors (Lipinski definition) is 4. The molecule has 1 aromatic heterocycles. The van der Waals surface area contributed by atoms with Gasteiger partial charge < -0.3 is 9.15 Å². The first-order chi connectivity index (χ1) is 8.88. The van der Waals surface area contributed by atoms with E-state index in [1.807, 2.05) is 32.9 Å². The summed E-state index contributed by atoms with van der Waals surface area (Å²) in [7, 11) is 0. The number of hydrogen-bond donors (Lipinski definition) is 0. The van der Waals surface area contributed by atoms with E-state index in [1.165, 1.54) is 0 Å². The molecule has 100 valence electrons. The quantitative estimate of drug-likeness (QED) is 0.466. The molecule has 0 bridgehead atoms. The molecule has 0 amide bonds. The maximum Gasteiger partial charge on any atom is 0.342 e. The van der Waals surface area contributed by atoms with Gasteiger partial charge in [0.2, 0.25) is 0 Å². The van der Waals surface area contributed by atoms with E-state index in [0.29, 0.717) is 5.57 Å². The molecule has 0 atom stereocenters. The smallest absolute Gasteiger partial charge is 0.342 e. The van der Waals surface area contributed by atoms with Gasteiger partial charge in [0.25, 0.3) is 0 Å². The van der Waals surface area contributed by atoms with Crippen LogP contribution in [0, 0.1) is 13.8 Å². The van der Waals surface area contributed by atoms with E-state index in [9.17, 15) is 9.59 Å². The van der Waals surface area contributed by atoms with Crippen LogP contribution in [0.15, 0.2) is 27.7 Å². The summed E-state index contributed by atoms with van der Waals surface area (Å²) < 4.78 is 10.0. The predicted octanol–water partition coefficient (Wildman–Crippen LogP) is 3.09. The van der Waals surface area contributed by atoms with Crippen molar-refractivity contribution in [3.63, 3.8) is 0 Å². The Balaban J connectivity index is 2.36. The van der Waals surface area contributed by atoms with Gasteiger partial charge in [0.1, 0.15) is 11.5 Å². The summed E-state index contributed by atoms with van der Waals surface area (Å²) in [5.41, 5.74) is 3.19. The van der Waals surface area contributed by atoms with Crippen LogP contribution in [0.4, 0.5) is 0 Å². The lowest BCUT2D eigenvalue weighted by Gasteiger charge is -2.01. The Labute approximate surface area is 111 Å². The highest BCUT2D eigenvalue weighted by Gasteiger charge is 2.28. The van der Waals surface area contributed by atoms with Crippen LogP contribution in [0.2, 0.25) is 0 Å². The fraction of sp³-hybridized carbons (Fsp3) is 0.333. The zero-order valence-corrected chi connectivity index (χ0v) is 11.5. The highest BCUT2D eigenvalue weighted by Crippen LogP contribution is 2.26. The average molecular weight is 260 g/mol. The second-order valence-corrected chi connectivity index (χ2v) is 4.75. The SMILES string of the molecule is CC(=CC(C)=C1CC(=O)OC1=O)c1cc(C)oc1C. The lowest BCUT2D eigenvalue weighted by atomic mass is 10.0. The number of carbonyl (C=O) groups excluding carboxylic acids is 2. The fourth-order valence-electron chi connectivity index (χ4n) is 2.23. The van der Waals surface area contributed by atoms with Crippen LogP contribution in [0.3, 0.4) is 0 Å². The van der Waals surface area contributed by atoms with Crippen LogP contribution in [-0.4, -0.2) is 11.9 Å². The number of aryl methyl sites for hydroxylation is 2. The average Bonchev–Trinajstić information content (AvgIpc) is 2.81. The summed E-state index contributed by atoms with van der Waals surface area (Å²) in [5.74, 6) is 0.669. The second-order valence-electron chi connectivity index (χ2n) is 4.75. The van der Waals surface area contributed by atoms with E-state index in [2.05, 4.69) is 4.74 Å². The fourth-order valence-corrected chi connectivity index (χ4v) is 2.23. The van der Waals surface area contributed by atoms with Gasteiger partial charge in [-0.05, 0) is 44.9 Å². The van der Waals surface area contributed by atoms with Gasteiger partial charge in [0.05, 0.1) is 12.0 Å². The molecule has 0 unspecified atom stereocenters. The van der Waals surface area contributed by atoms with Crippen LogP contribution in [0.25, 0.3) is 5.57 Å². The normalized spacial score (nSPS) is 18.8. The molecule has 4 heteroatoms. The van der Waals surface area contributed by atoms with E-state index < -0.39 is 11.9 Å². The highest BCUT2D eigenvalue weighted by atomic mass is 16.6. The Morgan fingerprint density at radius 2 is 1.95 bits per heavy atom. The molecule has 19 heavy (non-hydrogen) atoms. The van der Waals surface area contributed by atoms with Gasteiger partial charge in [-0.3, -0.25) is 4.79 Å². The molecular weight excluding hydrogens is 244 g/mol. The number of esters is 2. The van der Waals surface area contributed by atoms with Crippen molar-refractivity contribution < 1.29 is 18.7 Å². The molecule has 1 aliphatic heterocycles.